The highest BCUT2D eigenvalue weighted by Crippen LogP contribution is 2.45. The second kappa shape index (κ2) is 11.6. The van der Waals surface area contributed by atoms with Gasteiger partial charge in [0, 0.05) is 10.9 Å². The van der Waals surface area contributed by atoms with Gasteiger partial charge in [-0.1, -0.05) is 54.6 Å². The second-order valence-corrected chi connectivity index (χ2v) is 13.3. The number of rotatable bonds is 6. The lowest BCUT2D eigenvalue weighted by Crippen LogP contribution is -2.54. The number of nitrogens with zero attached hydrogens (tertiary/aromatic N) is 2. The van der Waals surface area contributed by atoms with Gasteiger partial charge in [0.15, 0.2) is 0 Å². The molecule has 0 aliphatic carbocycles. The van der Waals surface area contributed by atoms with E-state index in [0.717, 1.165) is 22.8 Å². The lowest BCUT2D eigenvalue weighted by atomic mass is 10.0. The molecule has 44 heavy (non-hydrogen) atoms. The van der Waals surface area contributed by atoms with E-state index in [1.165, 1.54) is 22.3 Å². The summed E-state index contributed by atoms with van der Waals surface area (Å²) in [4.78, 5) is 19.4. The van der Waals surface area contributed by atoms with Gasteiger partial charge in [-0.2, -0.15) is 13.2 Å². The van der Waals surface area contributed by atoms with Crippen LogP contribution in [0.1, 0.15) is 57.7 Å². The SMILES string of the molecule is CC(C)(C)OC(=O)N1C(C)(C)OC[C@]1(C)c1nc(-c2ccc(OCc3ccc(-c4ccccc4)cc3)c(C(F)(F)F)c2)cs1. The van der Waals surface area contributed by atoms with E-state index in [1.807, 2.05) is 61.5 Å². The zero-order valence-corrected chi connectivity index (χ0v) is 26.3. The number of carbonyl (C=O) groups excluding carboxylic acids is 1. The second-order valence-electron chi connectivity index (χ2n) is 12.4. The molecule has 6 nitrogen and oxygen atoms in total. The molecule has 5 rings (SSSR count). The minimum Gasteiger partial charge on any atom is -0.488 e. The zero-order chi connectivity index (χ0) is 31.9. The molecule has 10 heteroatoms. The number of hydrogen-bond donors (Lipinski definition) is 0. The van der Waals surface area contributed by atoms with E-state index in [9.17, 15) is 18.0 Å². The molecule has 1 atom stereocenters. The van der Waals surface area contributed by atoms with Gasteiger partial charge in [0.25, 0.3) is 0 Å². The van der Waals surface area contributed by atoms with Crippen molar-refractivity contribution in [2.24, 2.45) is 0 Å². The fourth-order valence-corrected chi connectivity index (χ4v) is 6.17. The number of aromatic nitrogens is 1. The number of ether oxygens (including phenoxy) is 3. The van der Waals surface area contributed by atoms with Gasteiger partial charge < -0.3 is 14.2 Å². The van der Waals surface area contributed by atoms with Crippen molar-refractivity contribution in [1.29, 1.82) is 0 Å². The van der Waals surface area contributed by atoms with Crippen LogP contribution in [0.4, 0.5) is 18.0 Å². The molecule has 0 unspecified atom stereocenters. The number of amides is 1. The molecule has 1 aliphatic rings. The van der Waals surface area contributed by atoms with Gasteiger partial charge in [-0.15, -0.1) is 11.3 Å². The molecule has 0 radical (unpaired) electrons. The molecule has 0 bridgehead atoms. The molecule has 0 N–H and O–H groups in total. The zero-order valence-electron chi connectivity index (χ0n) is 25.5. The maximum Gasteiger partial charge on any atom is 0.419 e. The molecule has 1 fully saturated rings. The van der Waals surface area contributed by atoms with Crippen molar-refractivity contribution >= 4 is 17.4 Å². The van der Waals surface area contributed by atoms with Crippen LogP contribution < -0.4 is 4.74 Å². The Labute approximate surface area is 259 Å². The van der Waals surface area contributed by atoms with Crippen molar-refractivity contribution in [2.75, 3.05) is 6.61 Å². The molecule has 2 heterocycles. The Morgan fingerprint density at radius 2 is 1.59 bits per heavy atom. The van der Waals surface area contributed by atoms with Gasteiger partial charge in [0.1, 0.15) is 34.2 Å². The van der Waals surface area contributed by atoms with E-state index in [0.29, 0.717) is 10.7 Å². The highest BCUT2D eigenvalue weighted by molar-refractivity contribution is 7.10. The summed E-state index contributed by atoms with van der Waals surface area (Å²) in [7, 11) is 0. The van der Waals surface area contributed by atoms with Crippen molar-refractivity contribution < 1.29 is 32.2 Å². The van der Waals surface area contributed by atoms with Crippen molar-refractivity contribution in [3.8, 4) is 28.1 Å². The number of benzene rings is 3. The summed E-state index contributed by atoms with van der Waals surface area (Å²) in [5, 5.41) is 2.21. The third-order valence-electron chi connectivity index (χ3n) is 7.32. The summed E-state index contributed by atoms with van der Waals surface area (Å²) >= 11 is 1.25. The van der Waals surface area contributed by atoms with Crippen LogP contribution in [-0.4, -0.2) is 33.9 Å². The minimum atomic E-state index is -4.65. The van der Waals surface area contributed by atoms with Gasteiger partial charge in [0.05, 0.1) is 17.9 Å². The normalized spacial score (nSPS) is 18.3. The highest BCUT2D eigenvalue weighted by atomic mass is 32.1. The largest absolute Gasteiger partial charge is 0.488 e. The van der Waals surface area contributed by atoms with Crippen LogP contribution in [0.5, 0.6) is 5.75 Å². The van der Waals surface area contributed by atoms with Gasteiger partial charge in [0.2, 0.25) is 0 Å². The molecule has 0 saturated carbocycles. The fourth-order valence-electron chi connectivity index (χ4n) is 5.20. The van der Waals surface area contributed by atoms with Crippen LogP contribution in [0.15, 0.2) is 78.2 Å². The summed E-state index contributed by atoms with van der Waals surface area (Å²) in [6.07, 6.45) is -5.21. The van der Waals surface area contributed by atoms with Gasteiger partial charge in [-0.3, -0.25) is 4.90 Å². The van der Waals surface area contributed by atoms with Crippen molar-refractivity contribution in [1.82, 2.24) is 9.88 Å². The Morgan fingerprint density at radius 3 is 2.23 bits per heavy atom. The van der Waals surface area contributed by atoms with Crippen LogP contribution >= 0.6 is 11.3 Å². The monoisotopic (exact) mass is 624 g/mol. The standard InChI is InChI=1S/C34H35F3N2O4S/c1-31(2,3)43-30(40)39-32(4,5)42-21-33(39,6)29-38-27(20-44-29)25-16-17-28(26(18-25)34(35,36)37)41-19-22-12-14-24(15-13-22)23-10-8-7-9-11-23/h7-18,20H,19,21H2,1-6H3/t33-/m1/s1. The van der Waals surface area contributed by atoms with E-state index in [2.05, 4.69) is 4.98 Å². The average molecular weight is 625 g/mol. The molecule has 3 aromatic carbocycles. The fraction of sp³-hybridized carbons (Fsp3) is 0.353. The van der Waals surface area contributed by atoms with Gasteiger partial charge in [-0.25, -0.2) is 9.78 Å². The Hall–Kier alpha value is -3.89. The van der Waals surface area contributed by atoms with Crippen LogP contribution in [0.25, 0.3) is 22.4 Å². The van der Waals surface area contributed by atoms with Crippen molar-refractivity contribution in [3.05, 3.63) is 94.3 Å². The maximum absolute atomic E-state index is 14.2. The Morgan fingerprint density at radius 1 is 0.955 bits per heavy atom. The van der Waals surface area contributed by atoms with Crippen molar-refractivity contribution in [3.63, 3.8) is 0 Å². The van der Waals surface area contributed by atoms with Gasteiger partial charge in [-0.05, 0) is 76.4 Å². The Kier molecular flexibility index (Phi) is 8.28. The van der Waals surface area contributed by atoms with E-state index in [-0.39, 0.29) is 24.5 Å². The minimum absolute atomic E-state index is 0.0208. The molecule has 4 aromatic rings. The third kappa shape index (κ3) is 6.61. The lowest BCUT2D eigenvalue weighted by Gasteiger charge is -2.39. The van der Waals surface area contributed by atoms with E-state index in [1.54, 1.807) is 46.1 Å². The number of thiazole rings is 1. The topological polar surface area (TPSA) is 60.9 Å². The predicted octanol–water partition coefficient (Wildman–Crippen LogP) is 9.29. The van der Waals surface area contributed by atoms with Gasteiger partial charge >= 0.3 is 12.3 Å². The van der Waals surface area contributed by atoms with E-state index >= 15 is 0 Å². The van der Waals surface area contributed by atoms with Crippen LogP contribution in [0.2, 0.25) is 0 Å². The summed E-state index contributed by atoms with van der Waals surface area (Å²) in [6, 6.07) is 21.3. The lowest BCUT2D eigenvalue weighted by molar-refractivity contribution is -0.139. The van der Waals surface area contributed by atoms with Crippen molar-refractivity contribution in [2.45, 2.75) is 71.2 Å². The molecule has 1 aromatic heterocycles. The predicted molar refractivity (Wildman–Crippen MR) is 164 cm³/mol. The van der Waals surface area contributed by atoms with Crippen LogP contribution in [-0.2, 0) is 27.8 Å². The first-order chi connectivity index (χ1) is 20.6. The summed E-state index contributed by atoms with van der Waals surface area (Å²) in [6.45, 7) is 10.8. The average Bonchev–Trinajstić information content (AvgIpc) is 3.54. The molecular formula is C34H35F3N2O4S. The Balaban J connectivity index is 1.38. The summed E-state index contributed by atoms with van der Waals surface area (Å²) in [5.41, 5.74) is -0.141. The van der Waals surface area contributed by atoms with E-state index < -0.39 is 34.7 Å². The maximum atomic E-state index is 14.2. The molecule has 0 spiro atoms. The first-order valence-corrected chi connectivity index (χ1v) is 15.1. The van der Waals surface area contributed by atoms with Crippen LogP contribution in [0, 0.1) is 0 Å². The number of hydrogen-bond acceptors (Lipinski definition) is 6. The number of alkyl halides is 3. The summed E-state index contributed by atoms with van der Waals surface area (Å²) < 4.78 is 59.9. The molecule has 1 saturated heterocycles. The third-order valence-corrected chi connectivity index (χ3v) is 8.41. The first-order valence-electron chi connectivity index (χ1n) is 14.2. The summed E-state index contributed by atoms with van der Waals surface area (Å²) in [5.74, 6) is -0.266. The molecule has 1 aliphatic heterocycles. The number of halogens is 3. The van der Waals surface area contributed by atoms with Crippen LogP contribution in [0.3, 0.4) is 0 Å². The quantitative estimate of drug-likeness (QED) is 0.214. The molecular weight excluding hydrogens is 589 g/mol. The Bertz CT molecular complexity index is 1630. The molecule has 1 amide bonds. The first kappa shape index (κ1) is 31.5. The smallest absolute Gasteiger partial charge is 0.419 e. The van der Waals surface area contributed by atoms with E-state index in [4.69, 9.17) is 14.2 Å². The molecule has 232 valence electrons. The highest BCUT2D eigenvalue weighted by Gasteiger charge is 2.55. The number of carbonyl (C=O) groups is 1.